The summed E-state index contributed by atoms with van der Waals surface area (Å²) in [5.41, 5.74) is 15.1. The molecule has 0 spiro atoms. The fourth-order valence-electron chi connectivity index (χ4n) is 4.23. The lowest BCUT2D eigenvalue weighted by atomic mass is 9.79. The van der Waals surface area contributed by atoms with Gasteiger partial charge < -0.3 is 11.5 Å². The minimum atomic E-state index is -0.349. The number of thiophene rings is 1. The number of nitrogens with zero attached hydrogens (tertiary/aromatic N) is 2. The number of nitrogens with two attached hydrogens (primary N) is 2. The molecule has 2 aromatic rings. The normalized spacial score (nSPS) is 16.9. The number of aromatic nitrogens is 2. The molecule has 6 heteroatoms. The zero-order chi connectivity index (χ0) is 18.0. The maximum absolute atomic E-state index is 12.1. The number of carbonyl (C=O) groups excluding carboxylic acids is 1. The van der Waals surface area contributed by atoms with Gasteiger partial charge in [0.15, 0.2) is 0 Å². The molecule has 0 unspecified atom stereocenters. The standard InChI is InChI=1S/C19H28N4OS/c1-12-16(15-8-9-22-23(15)2)17(18(25-12)19(21)24)14(11-20)10-13-6-4-3-5-7-13/h8-9,13-14H,3-7,10-11,20H2,1-2H3,(H2,21,24)/t14-/m1/s1. The Hall–Kier alpha value is -1.66. The summed E-state index contributed by atoms with van der Waals surface area (Å²) in [5.74, 6) is 0.515. The van der Waals surface area contributed by atoms with Gasteiger partial charge in [0.25, 0.3) is 5.91 Å². The van der Waals surface area contributed by atoms with Crippen molar-refractivity contribution in [2.75, 3.05) is 6.54 Å². The molecule has 25 heavy (non-hydrogen) atoms. The third-order valence-corrected chi connectivity index (χ3v) is 6.59. The summed E-state index contributed by atoms with van der Waals surface area (Å²) in [7, 11) is 1.93. The second-order valence-corrected chi connectivity index (χ2v) is 8.38. The van der Waals surface area contributed by atoms with Crippen LogP contribution in [0, 0.1) is 12.8 Å². The summed E-state index contributed by atoms with van der Waals surface area (Å²) in [6.45, 7) is 2.59. The third-order valence-electron chi connectivity index (χ3n) is 5.46. The number of aryl methyl sites for hydroxylation is 2. The second kappa shape index (κ2) is 7.70. The topological polar surface area (TPSA) is 86.9 Å². The number of rotatable bonds is 6. The fraction of sp³-hybridized carbons (Fsp3) is 0.579. The van der Waals surface area contributed by atoms with E-state index in [-0.39, 0.29) is 11.8 Å². The Morgan fingerprint density at radius 2 is 2.12 bits per heavy atom. The molecule has 1 fully saturated rings. The monoisotopic (exact) mass is 360 g/mol. The van der Waals surface area contributed by atoms with Gasteiger partial charge in [0.2, 0.25) is 0 Å². The van der Waals surface area contributed by atoms with Crippen molar-refractivity contribution >= 4 is 17.2 Å². The summed E-state index contributed by atoms with van der Waals surface area (Å²) in [5, 5.41) is 4.30. The van der Waals surface area contributed by atoms with Crippen molar-refractivity contribution in [3.05, 3.63) is 27.6 Å². The van der Waals surface area contributed by atoms with E-state index in [1.54, 1.807) is 6.20 Å². The van der Waals surface area contributed by atoms with Crippen molar-refractivity contribution in [3.8, 4) is 11.3 Å². The Bertz CT molecular complexity index is 743. The van der Waals surface area contributed by atoms with Crippen LogP contribution in [0.5, 0.6) is 0 Å². The van der Waals surface area contributed by atoms with Gasteiger partial charge in [-0.2, -0.15) is 5.10 Å². The van der Waals surface area contributed by atoms with Crippen molar-refractivity contribution in [1.82, 2.24) is 9.78 Å². The van der Waals surface area contributed by atoms with Crippen molar-refractivity contribution in [3.63, 3.8) is 0 Å². The molecule has 0 aromatic carbocycles. The van der Waals surface area contributed by atoms with Crippen LogP contribution in [0.3, 0.4) is 0 Å². The van der Waals surface area contributed by atoms with Crippen molar-refractivity contribution in [2.24, 2.45) is 24.4 Å². The highest BCUT2D eigenvalue weighted by Crippen LogP contribution is 2.43. The first kappa shape index (κ1) is 18.1. The Morgan fingerprint density at radius 3 is 2.68 bits per heavy atom. The van der Waals surface area contributed by atoms with E-state index < -0.39 is 0 Å². The highest BCUT2D eigenvalue weighted by Gasteiger charge is 2.29. The molecule has 1 saturated carbocycles. The van der Waals surface area contributed by atoms with E-state index in [1.165, 1.54) is 43.4 Å². The largest absolute Gasteiger partial charge is 0.365 e. The number of hydrogen-bond donors (Lipinski definition) is 2. The summed E-state index contributed by atoms with van der Waals surface area (Å²) in [4.78, 5) is 13.9. The van der Waals surface area contributed by atoms with Gasteiger partial charge in [0, 0.05) is 23.7 Å². The van der Waals surface area contributed by atoms with E-state index in [9.17, 15) is 4.79 Å². The van der Waals surface area contributed by atoms with E-state index in [1.807, 2.05) is 17.8 Å². The first-order valence-electron chi connectivity index (χ1n) is 9.14. The lowest BCUT2D eigenvalue weighted by molar-refractivity contribution is 0.100. The van der Waals surface area contributed by atoms with Gasteiger partial charge in [-0.15, -0.1) is 11.3 Å². The third kappa shape index (κ3) is 3.65. The molecule has 2 aromatic heterocycles. The Morgan fingerprint density at radius 1 is 1.40 bits per heavy atom. The minimum Gasteiger partial charge on any atom is -0.365 e. The molecule has 0 radical (unpaired) electrons. The van der Waals surface area contributed by atoms with E-state index in [4.69, 9.17) is 11.5 Å². The smallest absolute Gasteiger partial charge is 0.259 e. The number of hydrogen-bond acceptors (Lipinski definition) is 4. The highest BCUT2D eigenvalue weighted by atomic mass is 32.1. The first-order chi connectivity index (χ1) is 12.0. The second-order valence-electron chi connectivity index (χ2n) is 7.15. The van der Waals surface area contributed by atoms with Gasteiger partial charge in [0.1, 0.15) is 0 Å². The van der Waals surface area contributed by atoms with Gasteiger partial charge in [0.05, 0.1) is 10.6 Å². The molecule has 0 saturated heterocycles. The van der Waals surface area contributed by atoms with Gasteiger partial charge in [-0.3, -0.25) is 9.48 Å². The number of primary amides is 1. The van der Waals surface area contributed by atoms with E-state index in [0.29, 0.717) is 17.3 Å². The maximum atomic E-state index is 12.1. The number of amides is 1. The lowest BCUT2D eigenvalue weighted by Crippen LogP contribution is -2.21. The Balaban J connectivity index is 2.05. The number of carbonyl (C=O) groups is 1. The molecular weight excluding hydrogens is 332 g/mol. The maximum Gasteiger partial charge on any atom is 0.259 e. The Labute approximate surface area is 153 Å². The van der Waals surface area contributed by atoms with Crippen LogP contribution in [0.1, 0.15) is 64.6 Å². The average Bonchev–Trinajstić information content (AvgIpc) is 3.16. The quantitative estimate of drug-likeness (QED) is 0.825. The fourth-order valence-corrected chi connectivity index (χ4v) is 5.33. The highest BCUT2D eigenvalue weighted by molar-refractivity contribution is 7.14. The minimum absolute atomic E-state index is 0.167. The molecule has 3 rings (SSSR count). The van der Waals surface area contributed by atoms with Crippen LogP contribution in [0.2, 0.25) is 0 Å². The van der Waals surface area contributed by atoms with Crippen LogP contribution >= 0.6 is 11.3 Å². The lowest BCUT2D eigenvalue weighted by Gasteiger charge is -2.27. The molecule has 1 amide bonds. The van der Waals surface area contributed by atoms with Crippen molar-refractivity contribution in [1.29, 1.82) is 0 Å². The molecule has 136 valence electrons. The summed E-state index contributed by atoms with van der Waals surface area (Å²) in [6, 6.07) is 2.00. The van der Waals surface area contributed by atoms with Gasteiger partial charge in [-0.25, -0.2) is 0 Å². The van der Waals surface area contributed by atoms with Crippen LogP contribution in [-0.4, -0.2) is 22.2 Å². The molecule has 4 N–H and O–H groups in total. The van der Waals surface area contributed by atoms with Crippen LogP contribution < -0.4 is 11.5 Å². The molecule has 0 aliphatic heterocycles. The van der Waals surface area contributed by atoms with Crippen molar-refractivity contribution in [2.45, 2.75) is 51.4 Å². The SMILES string of the molecule is Cc1sc(C(N)=O)c([C@@H](CN)CC2CCCCC2)c1-c1ccnn1C. The average molecular weight is 361 g/mol. The molecule has 1 aliphatic carbocycles. The van der Waals surface area contributed by atoms with Crippen LogP contribution in [0.15, 0.2) is 12.3 Å². The summed E-state index contributed by atoms with van der Waals surface area (Å²) in [6.07, 6.45) is 9.33. The molecule has 0 bridgehead atoms. The zero-order valence-corrected chi connectivity index (χ0v) is 15.9. The van der Waals surface area contributed by atoms with Gasteiger partial charge in [-0.05, 0) is 43.4 Å². The molecule has 5 nitrogen and oxygen atoms in total. The van der Waals surface area contributed by atoms with Gasteiger partial charge in [-0.1, -0.05) is 32.1 Å². The molecular formula is C19H28N4OS. The summed E-state index contributed by atoms with van der Waals surface area (Å²) >= 11 is 1.49. The first-order valence-corrected chi connectivity index (χ1v) is 9.96. The zero-order valence-electron chi connectivity index (χ0n) is 15.1. The summed E-state index contributed by atoms with van der Waals surface area (Å²) < 4.78 is 1.86. The Kier molecular flexibility index (Phi) is 5.59. The molecule has 2 heterocycles. The van der Waals surface area contributed by atoms with Crippen molar-refractivity contribution < 1.29 is 4.79 Å². The van der Waals surface area contributed by atoms with E-state index in [2.05, 4.69) is 12.0 Å². The predicted molar refractivity (Wildman–Crippen MR) is 103 cm³/mol. The van der Waals surface area contributed by atoms with E-state index >= 15 is 0 Å². The predicted octanol–water partition coefficient (Wildman–Crippen LogP) is 3.57. The molecule has 1 atom stereocenters. The molecule has 1 aliphatic rings. The van der Waals surface area contributed by atoms with Crippen LogP contribution in [-0.2, 0) is 7.05 Å². The van der Waals surface area contributed by atoms with E-state index in [0.717, 1.165) is 28.1 Å². The van der Waals surface area contributed by atoms with Crippen LogP contribution in [0.25, 0.3) is 11.3 Å². The van der Waals surface area contributed by atoms with Gasteiger partial charge >= 0.3 is 0 Å². The van der Waals surface area contributed by atoms with Crippen LogP contribution in [0.4, 0.5) is 0 Å².